The third-order valence-electron chi connectivity index (χ3n) is 4.84. The van der Waals surface area contributed by atoms with Gasteiger partial charge in [-0.25, -0.2) is 0 Å². The van der Waals surface area contributed by atoms with Gasteiger partial charge in [0.25, 0.3) is 5.91 Å². The van der Waals surface area contributed by atoms with Gasteiger partial charge in [0.05, 0.1) is 11.4 Å². The number of nitrogens with one attached hydrogen (secondary N) is 1. The highest BCUT2D eigenvalue weighted by Gasteiger charge is 2.36. The molecule has 3 heterocycles. The molecule has 2 fully saturated rings. The molecule has 1 aromatic rings. The molecule has 5 nitrogen and oxygen atoms in total. The fourth-order valence-corrected chi connectivity index (χ4v) is 4.24. The van der Waals surface area contributed by atoms with Crippen LogP contribution >= 0.6 is 11.3 Å². The predicted octanol–water partition coefficient (Wildman–Crippen LogP) is 1.56. The second-order valence-electron chi connectivity index (χ2n) is 6.41. The van der Waals surface area contributed by atoms with Crippen LogP contribution in [-0.4, -0.2) is 60.4 Å². The molecule has 1 N–H and O–H groups in total. The zero-order chi connectivity index (χ0) is 15.7. The number of carbonyl (C=O) groups excluding carboxylic acids is 2. The molecule has 120 valence electrons. The van der Waals surface area contributed by atoms with Crippen LogP contribution in [0.1, 0.15) is 35.4 Å². The molecule has 2 aliphatic rings. The van der Waals surface area contributed by atoms with Gasteiger partial charge in [0.1, 0.15) is 0 Å². The third kappa shape index (κ3) is 3.17. The second-order valence-corrected chi connectivity index (χ2v) is 7.35. The van der Waals surface area contributed by atoms with E-state index in [-0.39, 0.29) is 18.4 Å². The summed E-state index contributed by atoms with van der Waals surface area (Å²) in [6, 6.07) is 5.07. The molecule has 2 saturated heterocycles. The number of amides is 2. The first-order chi connectivity index (χ1) is 10.5. The smallest absolute Gasteiger partial charge is 0.264 e. The standard InChI is InChI=1S/C16H23N3O2S/c1-18(16(21)14-4-3-7-22-14)10-15(20)19(2)13-8-11-5-6-12(9-13)17-11/h3-4,7,11-13,17H,5-6,8-10H2,1-2H3. The zero-order valence-electron chi connectivity index (χ0n) is 13.1. The average molecular weight is 321 g/mol. The summed E-state index contributed by atoms with van der Waals surface area (Å²) in [6.45, 7) is 0.145. The second kappa shape index (κ2) is 6.38. The maximum absolute atomic E-state index is 12.5. The van der Waals surface area contributed by atoms with E-state index in [1.54, 1.807) is 13.1 Å². The highest BCUT2D eigenvalue weighted by Crippen LogP contribution is 2.29. The highest BCUT2D eigenvalue weighted by atomic mass is 32.1. The number of likely N-dealkylation sites (N-methyl/N-ethyl adjacent to an activating group) is 2. The van der Waals surface area contributed by atoms with Crippen molar-refractivity contribution in [2.24, 2.45) is 0 Å². The summed E-state index contributed by atoms with van der Waals surface area (Å²) in [7, 11) is 3.57. The molecule has 2 aliphatic heterocycles. The Labute approximate surface area is 135 Å². The van der Waals surface area contributed by atoms with E-state index in [0.717, 1.165) is 12.8 Å². The Morgan fingerprint density at radius 1 is 1.27 bits per heavy atom. The molecule has 0 saturated carbocycles. The van der Waals surface area contributed by atoms with Crippen molar-refractivity contribution in [3.05, 3.63) is 22.4 Å². The lowest BCUT2D eigenvalue weighted by Crippen LogP contribution is -2.50. The van der Waals surface area contributed by atoms with Crippen LogP contribution in [0.2, 0.25) is 0 Å². The lowest BCUT2D eigenvalue weighted by atomic mass is 9.98. The molecular weight excluding hydrogens is 298 g/mol. The van der Waals surface area contributed by atoms with Crippen molar-refractivity contribution in [2.75, 3.05) is 20.6 Å². The van der Waals surface area contributed by atoms with Crippen LogP contribution in [0, 0.1) is 0 Å². The molecular formula is C16H23N3O2S. The quantitative estimate of drug-likeness (QED) is 0.916. The molecule has 0 spiro atoms. The van der Waals surface area contributed by atoms with Gasteiger partial charge in [0.15, 0.2) is 0 Å². The van der Waals surface area contributed by atoms with Gasteiger partial charge in [-0.05, 0) is 37.1 Å². The highest BCUT2D eigenvalue weighted by molar-refractivity contribution is 7.12. The molecule has 0 aliphatic carbocycles. The minimum atomic E-state index is -0.0814. The van der Waals surface area contributed by atoms with Gasteiger partial charge in [0, 0.05) is 32.2 Å². The Kier molecular flexibility index (Phi) is 4.49. The van der Waals surface area contributed by atoms with Crippen LogP contribution in [0.3, 0.4) is 0 Å². The Hall–Kier alpha value is -1.40. The van der Waals surface area contributed by atoms with E-state index in [4.69, 9.17) is 0 Å². The summed E-state index contributed by atoms with van der Waals surface area (Å²) in [5, 5.41) is 5.47. The van der Waals surface area contributed by atoms with Crippen LogP contribution < -0.4 is 5.32 Å². The lowest BCUT2D eigenvalue weighted by Gasteiger charge is -2.36. The van der Waals surface area contributed by atoms with E-state index in [1.807, 2.05) is 23.4 Å². The summed E-state index contributed by atoms with van der Waals surface area (Å²) in [4.78, 5) is 28.7. The van der Waals surface area contributed by atoms with Gasteiger partial charge in [-0.15, -0.1) is 11.3 Å². The minimum Gasteiger partial charge on any atom is -0.341 e. The first-order valence-electron chi connectivity index (χ1n) is 7.85. The predicted molar refractivity (Wildman–Crippen MR) is 87.0 cm³/mol. The number of rotatable bonds is 4. The Morgan fingerprint density at radius 2 is 1.95 bits per heavy atom. The molecule has 6 heteroatoms. The molecule has 2 amide bonds. The third-order valence-corrected chi connectivity index (χ3v) is 5.70. The number of hydrogen-bond donors (Lipinski definition) is 1. The summed E-state index contributed by atoms with van der Waals surface area (Å²) in [6.07, 6.45) is 4.50. The molecule has 3 rings (SSSR count). The van der Waals surface area contributed by atoms with E-state index in [2.05, 4.69) is 5.32 Å². The van der Waals surface area contributed by atoms with Gasteiger partial charge in [-0.2, -0.15) is 0 Å². The molecule has 0 radical (unpaired) electrons. The number of carbonyl (C=O) groups is 2. The fraction of sp³-hybridized carbons (Fsp3) is 0.625. The molecule has 2 atom stereocenters. The van der Waals surface area contributed by atoms with Crippen molar-refractivity contribution in [3.63, 3.8) is 0 Å². The van der Waals surface area contributed by atoms with Crippen LogP contribution in [0.4, 0.5) is 0 Å². The first-order valence-corrected chi connectivity index (χ1v) is 8.73. The van der Waals surface area contributed by atoms with Gasteiger partial charge in [0.2, 0.25) is 5.91 Å². The summed E-state index contributed by atoms with van der Waals surface area (Å²) >= 11 is 1.41. The Bertz CT molecular complexity index is 534. The molecule has 22 heavy (non-hydrogen) atoms. The van der Waals surface area contributed by atoms with Crippen LogP contribution in [-0.2, 0) is 4.79 Å². The van der Waals surface area contributed by atoms with Crippen LogP contribution in [0.5, 0.6) is 0 Å². The summed E-state index contributed by atoms with van der Waals surface area (Å²) in [5.41, 5.74) is 0. The lowest BCUT2D eigenvalue weighted by molar-refractivity contribution is -0.133. The fourth-order valence-electron chi connectivity index (χ4n) is 3.52. The normalized spacial score (nSPS) is 26.7. The zero-order valence-corrected chi connectivity index (χ0v) is 13.9. The Balaban J connectivity index is 1.56. The van der Waals surface area contributed by atoms with Crippen molar-refractivity contribution in [1.82, 2.24) is 15.1 Å². The van der Waals surface area contributed by atoms with Crippen molar-refractivity contribution in [2.45, 2.75) is 43.8 Å². The number of hydrogen-bond acceptors (Lipinski definition) is 4. The molecule has 2 unspecified atom stereocenters. The van der Waals surface area contributed by atoms with Gasteiger partial charge in [-0.3, -0.25) is 9.59 Å². The monoisotopic (exact) mass is 321 g/mol. The topological polar surface area (TPSA) is 52.7 Å². The van der Waals surface area contributed by atoms with E-state index in [9.17, 15) is 9.59 Å². The summed E-state index contributed by atoms with van der Waals surface area (Å²) in [5.74, 6) is -0.0548. The van der Waals surface area contributed by atoms with Crippen LogP contribution in [0.15, 0.2) is 17.5 Å². The largest absolute Gasteiger partial charge is 0.341 e. The maximum Gasteiger partial charge on any atom is 0.264 e. The Morgan fingerprint density at radius 3 is 2.55 bits per heavy atom. The van der Waals surface area contributed by atoms with Crippen molar-refractivity contribution < 1.29 is 9.59 Å². The summed E-state index contributed by atoms with van der Waals surface area (Å²) < 4.78 is 0. The molecule has 2 bridgehead atoms. The SMILES string of the molecule is CN(CC(=O)N(C)C1CC2CCC(C1)N2)C(=O)c1cccs1. The molecule has 1 aromatic heterocycles. The maximum atomic E-state index is 12.5. The van der Waals surface area contributed by atoms with Crippen molar-refractivity contribution in [3.8, 4) is 0 Å². The number of nitrogens with zero attached hydrogens (tertiary/aromatic N) is 2. The first kappa shape index (κ1) is 15.5. The van der Waals surface area contributed by atoms with Crippen LogP contribution in [0.25, 0.3) is 0 Å². The number of thiophene rings is 1. The van der Waals surface area contributed by atoms with E-state index >= 15 is 0 Å². The molecule has 0 aromatic carbocycles. The van der Waals surface area contributed by atoms with Gasteiger partial charge < -0.3 is 15.1 Å². The van der Waals surface area contributed by atoms with E-state index in [0.29, 0.717) is 23.0 Å². The number of piperidine rings is 1. The van der Waals surface area contributed by atoms with E-state index in [1.165, 1.54) is 29.1 Å². The van der Waals surface area contributed by atoms with Gasteiger partial charge in [-0.1, -0.05) is 6.07 Å². The average Bonchev–Trinajstić information content (AvgIpc) is 3.15. The number of fused-ring (bicyclic) bond motifs is 2. The minimum absolute atomic E-state index is 0.0266. The van der Waals surface area contributed by atoms with Crippen molar-refractivity contribution in [1.29, 1.82) is 0 Å². The van der Waals surface area contributed by atoms with E-state index < -0.39 is 0 Å². The van der Waals surface area contributed by atoms with Gasteiger partial charge >= 0.3 is 0 Å². The van der Waals surface area contributed by atoms with Crippen molar-refractivity contribution >= 4 is 23.2 Å².